The molecule has 0 aliphatic rings. The summed E-state index contributed by atoms with van der Waals surface area (Å²) in [6, 6.07) is 3.91. The largest absolute Gasteiger partial charge is 0.491 e. The van der Waals surface area contributed by atoms with Crippen molar-refractivity contribution in [3.63, 3.8) is 0 Å². The zero-order valence-electron chi connectivity index (χ0n) is 17.9. The summed E-state index contributed by atoms with van der Waals surface area (Å²) >= 11 is 0. The van der Waals surface area contributed by atoms with E-state index in [4.69, 9.17) is 14.2 Å². The van der Waals surface area contributed by atoms with Crippen LogP contribution in [0.1, 0.15) is 5.56 Å². The first-order valence-electron chi connectivity index (χ1n) is 9.77. The predicted octanol–water partition coefficient (Wildman–Crippen LogP) is 5.25. The molecule has 12 heteroatoms. The summed E-state index contributed by atoms with van der Waals surface area (Å²) in [6.07, 6.45) is -2.27. The molecule has 35 heavy (non-hydrogen) atoms. The average Bonchev–Trinajstić information content (AvgIpc) is 2.81. The maximum Gasteiger partial charge on any atom is 0.419 e. The number of aromatic amines is 2. The Morgan fingerprint density at radius 1 is 0.914 bits per heavy atom. The van der Waals surface area contributed by atoms with Crippen LogP contribution < -0.4 is 24.6 Å². The van der Waals surface area contributed by atoms with E-state index in [2.05, 4.69) is 9.97 Å². The Morgan fingerprint density at radius 3 is 2.29 bits per heavy atom. The van der Waals surface area contributed by atoms with E-state index in [1.807, 2.05) is 0 Å². The summed E-state index contributed by atoms with van der Waals surface area (Å²) in [6.45, 7) is 0. The van der Waals surface area contributed by atoms with Gasteiger partial charge in [-0.25, -0.2) is 13.8 Å². The fourth-order valence-electron chi connectivity index (χ4n) is 3.49. The van der Waals surface area contributed by atoms with Crippen LogP contribution in [0.2, 0.25) is 0 Å². The van der Waals surface area contributed by atoms with Gasteiger partial charge in [-0.15, -0.1) is 0 Å². The van der Waals surface area contributed by atoms with Crippen LogP contribution in [0, 0.1) is 17.5 Å². The maximum absolute atomic E-state index is 14.6. The average molecular weight is 497 g/mol. The molecule has 0 saturated carbocycles. The Hall–Kier alpha value is -4.22. The second-order valence-electron chi connectivity index (χ2n) is 7.15. The van der Waals surface area contributed by atoms with Crippen LogP contribution in [0.25, 0.3) is 22.2 Å². The first kappa shape index (κ1) is 23.9. The van der Waals surface area contributed by atoms with Gasteiger partial charge in [0.2, 0.25) is 17.0 Å². The molecule has 0 radical (unpaired) electrons. The molecule has 2 aromatic heterocycles. The molecule has 0 aliphatic carbocycles. The van der Waals surface area contributed by atoms with Crippen molar-refractivity contribution in [2.75, 3.05) is 14.2 Å². The molecule has 4 rings (SSSR count). The van der Waals surface area contributed by atoms with E-state index >= 15 is 0 Å². The normalized spacial score (nSPS) is 11.5. The maximum atomic E-state index is 14.6. The number of alkyl halides is 3. The van der Waals surface area contributed by atoms with Gasteiger partial charge in [0.25, 0.3) is 0 Å². The zero-order chi connectivity index (χ0) is 25.5. The highest BCUT2D eigenvalue weighted by molar-refractivity contribution is 5.85. The fourth-order valence-corrected chi connectivity index (χ4v) is 3.49. The van der Waals surface area contributed by atoms with Gasteiger partial charge in [0, 0.05) is 11.6 Å². The molecule has 0 spiro atoms. The lowest BCUT2D eigenvalue weighted by Crippen LogP contribution is -2.13. The molecule has 2 aromatic carbocycles. The second-order valence-corrected chi connectivity index (χ2v) is 7.15. The Balaban J connectivity index is 2.03. The minimum Gasteiger partial charge on any atom is -0.491 e. The van der Waals surface area contributed by atoms with Crippen molar-refractivity contribution < 1.29 is 45.5 Å². The van der Waals surface area contributed by atoms with Crippen LogP contribution in [0.5, 0.6) is 23.0 Å². The highest BCUT2D eigenvalue weighted by Crippen LogP contribution is 2.44. The summed E-state index contributed by atoms with van der Waals surface area (Å²) in [7, 11) is 2.14. The number of hydrogen-bond acceptors (Lipinski definition) is 4. The number of pyridine rings is 2. The molecule has 0 unspecified atom stereocenters. The van der Waals surface area contributed by atoms with Gasteiger partial charge in [0.1, 0.15) is 17.0 Å². The SMILES string of the molecule is COc1c(Oc2cc(C(F)(F)F)c(F)cc2-c2[nH]c3cc[nH+]cc3c(=O)c2OC)ccc(F)c1F. The quantitative estimate of drug-likeness (QED) is 0.382. The molecule has 182 valence electrons. The summed E-state index contributed by atoms with van der Waals surface area (Å²) in [5.41, 5.74) is -2.65. The molecule has 0 aliphatic heterocycles. The van der Waals surface area contributed by atoms with Crippen molar-refractivity contribution in [1.82, 2.24) is 4.98 Å². The number of rotatable bonds is 5. The standard InChI is InChI=1S/C23H14F6N2O4/c1-33-21-16(4-3-13(24)18(21)26)35-17-8-12(23(27,28)29)14(25)7-10(17)19-22(34-2)20(32)11-9-30-6-5-15(11)31-19/h3-9H,1-2H3,(H,31,32)/p+1. The summed E-state index contributed by atoms with van der Waals surface area (Å²) in [4.78, 5) is 18.5. The second kappa shape index (κ2) is 8.85. The fraction of sp³-hybridized carbons (Fsp3) is 0.130. The molecule has 4 aromatic rings. The summed E-state index contributed by atoms with van der Waals surface area (Å²) < 4.78 is 98.3. The van der Waals surface area contributed by atoms with Gasteiger partial charge in [-0.2, -0.15) is 17.6 Å². The van der Waals surface area contributed by atoms with Crippen LogP contribution in [-0.4, -0.2) is 19.2 Å². The van der Waals surface area contributed by atoms with E-state index in [1.54, 1.807) is 0 Å². The number of hydrogen-bond donors (Lipinski definition) is 1. The molecule has 0 atom stereocenters. The van der Waals surface area contributed by atoms with E-state index in [1.165, 1.54) is 18.5 Å². The lowest BCUT2D eigenvalue weighted by Gasteiger charge is -2.18. The van der Waals surface area contributed by atoms with Gasteiger partial charge in [-0.3, -0.25) is 4.79 Å². The van der Waals surface area contributed by atoms with E-state index in [9.17, 15) is 31.1 Å². The van der Waals surface area contributed by atoms with Crippen molar-refractivity contribution in [1.29, 1.82) is 0 Å². The monoisotopic (exact) mass is 497 g/mol. The lowest BCUT2D eigenvalue weighted by atomic mass is 10.0. The Morgan fingerprint density at radius 2 is 1.63 bits per heavy atom. The van der Waals surface area contributed by atoms with Gasteiger partial charge in [0.15, 0.2) is 29.7 Å². The molecular weight excluding hydrogens is 482 g/mol. The minimum absolute atomic E-state index is 0.158. The van der Waals surface area contributed by atoms with Crippen molar-refractivity contribution in [2.24, 2.45) is 0 Å². The smallest absolute Gasteiger partial charge is 0.419 e. The Bertz CT molecular complexity index is 1500. The van der Waals surface area contributed by atoms with E-state index in [0.29, 0.717) is 18.2 Å². The van der Waals surface area contributed by atoms with Crippen molar-refractivity contribution in [2.45, 2.75) is 6.18 Å². The third-order valence-corrected chi connectivity index (χ3v) is 5.09. The molecule has 6 nitrogen and oxygen atoms in total. The van der Waals surface area contributed by atoms with Gasteiger partial charge < -0.3 is 19.2 Å². The molecule has 0 amide bonds. The van der Waals surface area contributed by atoms with Gasteiger partial charge >= 0.3 is 6.18 Å². The molecular formula is C23H15F6N2O4+. The molecule has 2 N–H and O–H groups in total. The van der Waals surface area contributed by atoms with E-state index < -0.39 is 51.9 Å². The first-order valence-corrected chi connectivity index (χ1v) is 9.77. The van der Waals surface area contributed by atoms with Crippen LogP contribution in [0.4, 0.5) is 26.3 Å². The highest BCUT2D eigenvalue weighted by atomic mass is 19.4. The molecule has 0 fully saturated rings. The first-order chi connectivity index (χ1) is 16.6. The van der Waals surface area contributed by atoms with Crippen LogP contribution in [0.15, 0.2) is 47.5 Å². The predicted molar refractivity (Wildman–Crippen MR) is 111 cm³/mol. The number of nitrogens with one attached hydrogen (secondary N) is 2. The van der Waals surface area contributed by atoms with Gasteiger partial charge in [-0.05, 0) is 24.3 Å². The highest BCUT2D eigenvalue weighted by Gasteiger charge is 2.36. The zero-order valence-corrected chi connectivity index (χ0v) is 17.9. The van der Waals surface area contributed by atoms with Gasteiger partial charge in [0.05, 0.1) is 31.0 Å². The van der Waals surface area contributed by atoms with Gasteiger partial charge in [-0.1, -0.05) is 0 Å². The van der Waals surface area contributed by atoms with Crippen LogP contribution in [0.3, 0.4) is 0 Å². The van der Waals surface area contributed by atoms with Crippen molar-refractivity contribution in [3.05, 3.63) is 76.0 Å². The van der Waals surface area contributed by atoms with Crippen LogP contribution >= 0.6 is 0 Å². The topological polar surface area (TPSA) is 74.7 Å². The number of methoxy groups -OCH3 is 2. The third kappa shape index (κ3) is 4.22. The Kier molecular flexibility index (Phi) is 6.05. The lowest BCUT2D eigenvalue weighted by molar-refractivity contribution is -0.375. The van der Waals surface area contributed by atoms with E-state index in [-0.39, 0.29) is 27.9 Å². The van der Waals surface area contributed by atoms with Crippen molar-refractivity contribution >= 4 is 10.9 Å². The number of H-pyrrole nitrogens is 2. The number of ether oxygens (including phenoxy) is 3. The van der Waals surface area contributed by atoms with Crippen LogP contribution in [-0.2, 0) is 6.18 Å². The molecule has 2 heterocycles. The Labute approximate surface area is 192 Å². The number of benzene rings is 2. The minimum atomic E-state index is -5.12. The van der Waals surface area contributed by atoms with Crippen molar-refractivity contribution in [3.8, 4) is 34.3 Å². The third-order valence-electron chi connectivity index (χ3n) is 5.09. The summed E-state index contributed by atoms with van der Waals surface area (Å²) in [5, 5.41) is 0.158. The number of halogens is 6. The molecule has 0 saturated heterocycles. The number of aromatic nitrogens is 2. The number of fused-ring (bicyclic) bond motifs is 1. The molecule has 0 bridgehead atoms. The van der Waals surface area contributed by atoms with E-state index in [0.717, 1.165) is 20.3 Å². The summed E-state index contributed by atoms with van der Waals surface area (Å²) in [5.74, 6) is -6.62.